The molecule has 1 fully saturated rings. The molecule has 2 heterocycles. The Morgan fingerprint density at radius 3 is 1.50 bits per heavy atom. The number of hydrogen-bond acceptors (Lipinski definition) is 4. The molecule has 0 saturated heterocycles. The maximum absolute atomic E-state index is 4.79. The highest BCUT2D eigenvalue weighted by molar-refractivity contribution is 6.42. The van der Waals surface area contributed by atoms with Crippen molar-refractivity contribution in [3.8, 4) is 0 Å². The zero-order chi connectivity index (χ0) is 15.0. The zero-order valence-corrected chi connectivity index (χ0v) is 12.7. The molecule has 3 rings (SSSR count). The molecule has 4 heteroatoms. The molecule has 1 saturated carbocycles. The molecule has 4 nitrogen and oxygen atoms in total. The molecule has 1 aliphatic carbocycles. The zero-order valence-electron chi connectivity index (χ0n) is 12.7. The second kappa shape index (κ2) is 7.59. The third-order valence-electron chi connectivity index (χ3n) is 3.81. The van der Waals surface area contributed by atoms with E-state index in [0.29, 0.717) is 13.1 Å². The van der Waals surface area contributed by atoms with Crippen molar-refractivity contribution in [1.29, 1.82) is 0 Å². The van der Waals surface area contributed by atoms with Crippen LogP contribution in [-0.4, -0.2) is 21.4 Å². The van der Waals surface area contributed by atoms with Crippen LogP contribution < -0.4 is 0 Å². The molecule has 112 valence electrons. The molecule has 0 aromatic carbocycles. The van der Waals surface area contributed by atoms with Gasteiger partial charge in [0.15, 0.2) is 0 Å². The van der Waals surface area contributed by atoms with Crippen molar-refractivity contribution in [2.75, 3.05) is 0 Å². The van der Waals surface area contributed by atoms with E-state index in [4.69, 9.17) is 9.98 Å². The minimum Gasteiger partial charge on any atom is -0.283 e. The van der Waals surface area contributed by atoms with Gasteiger partial charge in [0.05, 0.1) is 24.5 Å². The topological polar surface area (TPSA) is 50.5 Å². The second-order valence-electron chi connectivity index (χ2n) is 5.44. The summed E-state index contributed by atoms with van der Waals surface area (Å²) in [6.07, 6.45) is 11.8. The molecule has 2 aromatic rings. The Kier molecular flexibility index (Phi) is 5.03. The normalized spacial score (nSPS) is 18.7. The van der Waals surface area contributed by atoms with E-state index in [1.165, 1.54) is 35.4 Å². The highest BCUT2D eigenvalue weighted by atomic mass is 14.8. The van der Waals surface area contributed by atoms with Crippen LogP contribution in [0.3, 0.4) is 0 Å². The van der Waals surface area contributed by atoms with Crippen LogP contribution >= 0.6 is 0 Å². The summed E-state index contributed by atoms with van der Waals surface area (Å²) in [5, 5.41) is 0. The van der Waals surface area contributed by atoms with Gasteiger partial charge in [-0.1, -0.05) is 0 Å². The average Bonchev–Trinajstić information content (AvgIpc) is 2.61. The standard InChI is InChI=1S/C18H20N4/c1-2-4-18(22-14-16-7-11-20-12-8-16)17(3-1)21-13-15-5-9-19-10-6-15/h5-12H,1-4,13-14H2. The highest BCUT2D eigenvalue weighted by Crippen LogP contribution is 2.15. The minimum absolute atomic E-state index is 0.714. The third kappa shape index (κ3) is 4.07. The molecule has 0 atom stereocenters. The molecule has 0 amide bonds. The average molecular weight is 292 g/mol. The van der Waals surface area contributed by atoms with Gasteiger partial charge in [0, 0.05) is 24.8 Å². The van der Waals surface area contributed by atoms with Crippen molar-refractivity contribution in [3.63, 3.8) is 0 Å². The van der Waals surface area contributed by atoms with Gasteiger partial charge in [-0.2, -0.15) is 0 Å². The van der Waals surface area contributed by atoms with Crippen molar-refractivity contribution >= 4 is 11.4 Å². The maximum Gasteiger partial charge on any atom is 0.0644 e. The van der Waals surface area contributed by atoms with E-state index in [-0.39, 0.29) is 0 Å². The Bertz CT molecular complexity index is 588. The molecular weight excluding hydrogens is 272 g/mol. The van der Waals surface area contributed by atoms with Gasteiger partial charge in [-0.3, -0.25) is 20.0 Å². The smallest absolute Gasteiger partial charge is 0.0644 e. The van der Waals surface area contributed by atoms with E-state index in [0.717, 1.165) is 12.8 Å². The lowest BCUT2D eigenvalue weighted by Crippen LogP contribution is -2.19. The van der Waals surface area contributed by atoms with Crippen molar-refractivity contribution in [2.24, 2.45) is 9.98 Å². The summed E-state index contributed by atoms with van der Waals surface area (Å²) in [5.41, 5.74) is 4.75. The Morgan fingerprint density at radius 2 is 1.09 bits per heavy atom. The van der Waals surface area contributed by atoms with Crippen molar-refractivity contribution in [1.82, 2.24) is 9.97 Å². The molecule has 0 N–H and O–H groups in total. The van der Waals surface area contributed by atoms with Crippen LogP contribution in [0.5, 0.6) is 0 Å². The van der Waals surface area contributed by atoms with E-state index in [2.05, 4.69) is 9.97 Å². The summed E-state index contributed by atoms with van der Waals surface area (Å²) in [6, 6.07) is 8.06. The van der Waals surface area contributed by atoms with Gasteiger partial charge >= 0.3 is 0 Å². The van der Waals surface area contributed by atoms with Crippen molar-refractivity contribution in [3.05, 3.63) is 60.2 Å². The first-order valence-electron chi connectivity index (χ1n) is 7.76. The Labute approximate surface area is 131 Å². The summed E-state index contributed by atoms with van der Waals surface area (Å²) in [6.45, 7) is 1.43. The highest BCUT2D eigenvalue weighted by Gasteiger charge is 2.14. The van der Waals surface area contributed by atoms with E-state index in [1.54, 1.807) is 0 Å². The van der Waals surface area contributed by atoms with Crippen LogP contribution in [0.2, 0.25) is 0 Å². The van der Waals surface area contributed by atoms with E-state index < -0.39 is 0 Å². The largest absolute Gasteiger partial charge is 0.283 e. The second-order valence-corrected chi connectivity index (χ2v) is 5.44. The van der Waals surface area contributed by atoms with Crippen LogP contribution in [0.25, 0.3) is 0 Å². The predicted octanol–water partition coefficient (Wildman–Crippen LogP) is 3.63. The van der Waals surface area contributed by atoms with Gasteiger partial charge in [0.2, 0.25) is 0 Å². The van der Waals surface area contributed by atoms with Gasteiger partial charge in [-0.15, -0.1) is 0 Å². The van der Waals surface area contributed by atoms with E-state index in [1.807, 2.05) is 49.1 Å². The Balaban J connectivity index is 1.70. The quantitative estimate of drug-likeness (QED) is 0.864. The molecule has 0 radical (unpaired) electrons. The number of hydrogen-bond donors (Lipinski definition) is 0. The molecule has 0 spiro atoms. The summed E-state index contributed by atoms with van der Waals surface area (Å²) in [4.78, 5) is 17.7. The van der Waals surface area contributed by atoms with Gasteiger partial charge in [-0.05, 0) is 61.1 Å². The first kappa shape index (κ1) is 14.6. The monoisotopic (exact) mass is 292 g/mol. The molecule has 0 bridgehead atoms. The van der Waals surface area contributed by atoms with Crippen molar-refractivity contribution < 1.29 is 0 Å². The fraction of sp³-hybridized carbons (Fsp3) is 0.333. The fourth-order valence-corrected chi connectivity index (χ4v) is 2.56. The van der Waals surface area contributed by atoms with Crippen LogP contribution in [0.4, 0.5) is 0 Å². The molecule has 22 heavy (non-hydrogen) atoms. The summed E-state index contributed by atoms with van der Waals surface area (Å²) >= 11 is 0. The molecule has 0 aliphatic heterocycles. The Morgan fingerprint density at radius 1 is 0.682 bits per heavy atom. The number of nitrogens with zero attached hydrogens (tertiary/aromatic N) is 4. The number of aromatic nitrogens is 2. The van der Waals surface area contributed by atoms with Gasteiger partial charge < -0.3 is 0 Å². The van der Waals surface area contributed by atoms with Crippen molar-refractivity contribution in [2.45, 2.75) is 38.8 Å². The van der Waals surface area contributed by atoms with Gasteiger partial charge in [0.25, 0.3) is 0 Å². The number of rotatable bonds is 4. The van der Waals surface area contributed by atoms with E-state index in [9.17, 15) is 0 Å². The predicted molar refractivity (Wildman–Crippen MR) is 89.2 cm³/mol. The Hall–Kier alpha value is -2.36. The first-order chi connectivity index (χ1) is 10.9. The summed E-state index contributed by atoms with van der Waals surface area (Å²) in [7, 11) is 0. The third-order valence-corrected chi connectivity index (χ3v) is 3.81. The van der Waals surface area contributed by atoms with Crippen LogP contribution in [-0.2, 0) is 13.1 Å². The molecule has 1 aliphatic rings. The lowest BCUT2D eigenvalue weighted by atomic mass is 9.96. The molecular formula is C18H20N4. The summed E-state index contributed by atoms with van der Waals surface area (Å²) in [5.74, 6) is 0. The lowest BCUT2D eigenvalue weighted by molar-refractivity contribution is 0.768. The minimum atomic E-state index is 0.714. The first-order valence-corrected chi connectivity index (χ1v) is 7.76. The van der Waals surface area contributed by atoms with Crippen LogP contribution in [0.15, 0.2) is 59.0 Å². The lowest BCUT2D eigenvalue weighted by Gasteiger charge is -2.16. The molecule has 2 aromatic heterocycles. The van der Waals surface area contributed by atoms with Crippen LogP contribution in [0.1, 0.15) is 36.8 Å². The van der Waals surface area contributed by atoms with Gasteiger partial charge in [0.1, 0.15) is 0 Å². The van der Waals surface area contributed by atoms with Crippen LogP contribution in [0, 0.1) is 0 Å². The van der Waals surface area contributed by atoms with Gasteiger partial charge in [-0.25, -0.2) is 0 Å². The number of pyridine rings is 2. The summed E-state index contributed by atoms with van der Waals surface area (Å²) < 4.78 is 0. The number of aliphatic imine (C=N–C) groups is 2. The SMILES string of the molecule is c1cc(CN=C2CCCCC2=NCc2ccncc2)ccn1. The molecule has 0 unspecified atom stereocenters. The maximum atomic E-state index is 4.79. The fourth-order valence-electron chi connectivity index (χ4n) is 2.56. The van der Waals surface area contributed by atoms with E-state index >= 15 is 0 Å².